The van der Waals surface area contributed by atoms with E-state index in [0.717, 1.165) is 23.2 Å². The van der Waals surface area contributed by atoms with Crippen LogP contribution in [0.5, 0.6) is 0 Å². The molecule has 1 N–H and O–H groups in total. The molecule has 2 amide bonds. The number of nitro benzene ring substituents is 1. The van der Waals surface area contributed by atoms with Crippen LogP contribution >= 0.6 is 11.8 Å². The molecule has 3 aromatic carbocycles. The number of amides is 2. The third kappa shape index (κ3) is 4.50. The van der Waals surface area contributed by atoms with Crippen LogP contribution in [0.1, 0.15) is 33.8 Å². The lowest BCUT2D eigenvalue weighted by molar-refractivity contribution is -0.384. The predicted octanol–water partition coefficient (Wildman–Crippen LogP) is 5.19. The van der Waals surface area contributed by atoms with Gasteiger partial charge in [0.15, 0.2) is 0 Å². The Morgan fingerprint density at radius 3 is 2.69 bits per heavy atom. The molecule has 8 heteroatoms. The van der Waals surface area contributed by atoms with E-state index >= 15 is 0 Å². The van der Waals surface area contributed by atoms with Gasteiger partial charge in [-0.25, -0.2) is 0 Å². The number of benzene rings is 3. The fraction of sp³-hybridized carbons (Fsp3) is 0.167. The SMILES string of the molecule is CCc1cccc(N2C(=O)CSC2c2cccc(NC(=O)c3cccc([N+](=O)[O-])c3)c2)c1. The van der Waals surface area contributed by atoms with Crippen LogP contribution in [-0.2, 0) is 11.2 Å². The van der Waals surface area contributed by atoms with E-state index in [2.05, 4.69) is 12.2 Å². The standard InChI is InChI=1S/C24H21N3O4S/c1-2-16-6-3-10-20(12-16)26-22(28)15-32-24(26)18-8-4-9-19(13-18)25-23(29)17-7-5-11-21(14-17)27(30)31/h3-14,24H,2,15H2,1H3,(H,25,29). The van der Waals surface area contributed by atoms with E-state index in [0.29, 0.717) is 11.4 Å². The minimum absolute atomic E-state index is 0.0410. The lowest BCUT2D eigenvalue weighted by Gasteiger charge is -2.25. The number of hydrogen-bond acceptors (Lipinski definition) is 5. The van der Waals surface area contributed by atoms with Crippen LogP contribution in [0.25, 0.3) is 0 Å². The minimum Gasteiger partial charge on any atom is -0.322 e. The van der Waals surface area contributed by atoms with Crippen molar-refractivity contribution in [2.45, 2.75) is 18.7 Å². The first-order chi connectivity index (χ1) is 15.5. The van der Waals surface area contributed by atoms with Crippen molar-refractivity contribution in [2.75, 3.05) is 16.0 Å². The molecule has 0 bridgehead atoms. The minimum atomic E-state index is -0.534. The number of carbonyl (C=O) groups is 2. The van der Waals surface area contributed by atoms with Crippen LogP contribution in [0.4, 0.5) is 17.1 Å². The van der Waals surface area contributed by atoms with Crippen molar-refractivity contribution in [1.82, 2.24) is 0 Å². The molecule has 3 aromatic rings. The second-order valence-corrected chi connectivity index (χ2v) is 8.41. The molecule has 1 saturated heterocycles. The number of nitrogens with one attached hydrogen (secondary N) is 1. The molecule has 1 unspecified atom stereocenters. The highest BCUT2D eigenvalue weighted by atomic mass is 32.2. The maximum atomic E-state index is 12.7. The number of nitrogens with zero attached hydrogens (tertiary/aromatic N) is 2. The Morgan fingerprint density at radius 1 is 1.12 bits per heavy atom. The molecule has 0 radical (unpaired) electrons. The van der Waals surface area contributed by atoms with Crippen molar-refractivity contribution in [3.05, 3.63) is 99.6 Å². The van der Waals surface area contributed by atoms with Crippen LogP contribution in [-0.4, -0.2) is 22.5 Å². The summed E-state index contributed by atoms with van der Waals surface area (Å²) in [6.07, 6.45) is 0.882. The van der Waals surface area contributed by atoms with Crippen molar-refractivity contribution in [2.24, 2.45) is 0 Å². The molecule has 0 aromatic heterocycles. The van der Waals surface area contributed by atoms with Gasteiger partial charge in [-0.3, -0.25) is 24.6 Å². The van der Waals surface area contributed by atoms with Gasteiger partial charge >= 0.3 is 0 Å². The summed E-state index contributed by atoms with van der Waals surface area (Å²) in [6, 6.07) is 20.9. The van der Waals surface area contributed by atoms with Crippen LogP contribution in [0.2, 0.25) is 0 Å². The molecule has 1 heterocycles. The Kier molecular flexibility index (Phi) is 6.23. The lowest BCUT2D eigenvalue weighted by Crippen LogP contribution is -2.28. The van der Waals surface area contributed by atoms with E-state index < -0.39 is 10.8 Å². The summed E-state index contributed by atoms with van der Waals surface area (Å²) in [6.45, 7) is 2.07. The molecular formula is C24H21N3O4S. The Hall–Kier alpha value is -3.65. The highest BCUT2D eigenvalue weighted by molar-refractivity contribution is 8.00. The number of anilines is 2. The second kappa shape index (κ2) is 9.23. The summed E-state index contributed by atoms with van der Waals surface area (Å²) in [7, 11) is 0. The van der Waals surface area contributed by atoms with E-state index in [1.807, 2.05) is 42.5 Å². The zero-order valence-electron chi connectivity index (χ0n) is 17.4. The predicted molar refractivity (Wildman–Crippen MR) is 126 cm³/mol. The van der Waals surface area contributed by atoms with Crippen molar-refractivity contribution in [3.8, 4) is 0 Å². The lowest BCUT2D eigenvalue weighted by atomic mass is 10.1. The second-order valence-electron chi connectivity index (χ2n) is 7.34. The van der Waals surface area contributed by atoms with Gasteiger partial charge in [0.05, 0.1) is 10.7 Å². The van der Waals surface area contributed by atoms with Gasteiger partial charge < -0.3 is 5.32 Å². The highest BCUT2D eigenvalue weighted by Crippen LogP contribution is 2.42. The van der Waals surface area contributed by atoms with Gasteiger partial charge in [-0.1, -0.05) is 37.3 Å². The molecule has 32 heavy (non-hydrogen) atoms. The molecule has 1 aliphatic rings. The number of rotatable bonds is 6. The smallest absolute Gasteiger partial charge is 0.270 e. The average molecular weight is 448 g/mol. The topological polar surface area (TPSA) is 92.6 Å². The molecule has 4 rings (SSSR count). The number of thioether (sulfide) groups is 1. The molecule has 0 saturated carbocycles. The maximum absolute atomic E-state index is 12.7. The number of nitro groups is 1. The fourth-order valence-electron chi connectivity index (χ4n) is 3.61. The summed E-state index contributed by atoms with van der Waals surface area (Å²) >= 11 is 1.54. The molecule has 1 aliphatic heterocycles. The van der Waals surface area contributed by atoms with E-state index in [4.69, 9.17) is 0 Å². The number of non-ortho nitro benzene ring substituents is 1. The number of carbonyl (C=O) groups excluding carboxylic acids is 2. The van der Waals surface area contributed by atoms with Gasteiger partial charge in [0.25, 0.3) is 11.6 Å². The molecule has 1 fully saturated rings. The Bertz CT molecular complexity index is 1200. The van der Waals surface area contributed by atoms with E-state index in [1.54, 1.807) is 11.0 Å². The van der Waals surface area contributed by atoms with E-state index in [1.165, 1.54) is 36.0 Å². The number of hydrogen-bond donors (Lipinski definition) is 1. The largest absolute Gasteiger partial charge is 0.322 e. The van der Waals surface area contributed by atoms with Crippen molar-refractivity contribution >= 4 is 40.6 Å². The number of aryl methyl sites for hydroxylation is 1. The fourth-order valence-corrected chi connectivity index (χ4v) is 4.78. The monoisotopic (exact) mass is 447 g/mol. The van der Waals surface area contributed by atoms with E-state index in [9.17, 15) is 19.7 Å². The van der Waals surface area contributed by atoms with Gasteiger partial charge in [-0.2, -0.15) is 0 Å². The zero-order valence-corrected chi connectivity index (χ0v) is 18.2. The van der Waals surface area contributed by atoms with Crippen LogP contribution in [0.3, 0.4) is 0 Å². The zero-order chi connectivity index (χ0) is 22.7. The van der Waals surface area contributed by atoms with Crippen molar-refractivity contribution < 1.29 is 14.5 Å². The van der Waals surface area contributed by atoms with Gasteiger partial charge in [-0.15, -0.1) is 11.8 Å². The third-order valence-electron chi connectivity index (χ3n) is 5.21. The first kappa shape index (κ1) is 21.6. The highest BCUT2D eigenvalue weighted by Gasteiger charge is 2.34. The van der Waals surface area contributed by atoms with E-state index in [-0.39, 0.29) is 22.5 Å². The molecule has 7 nitrogen and oxygen atoms in total. The molecular weight excluding hydrogens is 426 g/mol. The first-order valence-electron chi connectivity index (χ1n) is 10.1. The summed E-state index contributed by atoms with van der Waals surface area (Å²) in [4.78, 5) is 37.5. The quantitative estimate of drug-likeness (QED) is 0.415. The van der Waals surface area contributed by atoms with Crippen molar-refractivity contribution in [1.29, 1.82) is 0 Å². The third-order valence-corrected chi connectivity index (χ3v) is 6.43. The maximum Gasteiger partial charge on any atom is 0.270 e. The summed E-state index contributed by atoms with van der Waals surface area (Å²) in [5.74, 6) is -0.0153. The normalized spacial score (nSPS) is 15.6. The summed E-state index contributed by atoms with van der Waals surface area (Å²) < 4.78 is 0. The Morgan fingerprint density at radius 2 is 1.91 bits per heavy atom. The van der Waals surface area contributed by atoms with Crippen LogP contribution in [0, 0.1) is 10.1 Å². The molecule has 0 spiro atoms. The molecule has 162 valence electrons. The van der Waals surface area contributed by atoms with Crippen molar-refractivity contribution in [3.63, 3.8) is 0 Å². The van der Waals surface area contributed by atoms with Gasteiger partial charge in [0, 0.05) is 29.1 Å². The average Bonchev–Trinajstić information content (AvgIpc) is 3.20. The summed E-state index contributed by atoms with van der Waals surface area (Å²) in [5, 5.41) is 13.6. The first-order valence-corrected chi connectivity index (χ1v) is 11.2. The Labute approximate surface area is 189 Å². The Balaban J connectivity index is 1.58. The summed E-state index contributed by atoms with van der Waals surface area (Å²) in [5.41, 5.74) is 3.52. The molecule has 1 atom stereocenters. The van der Waals surface area contributed by atoms with Gasteiger partial charge in [-0.05, 0) is 47.9 Å². The van der Waals surface area contributed by atoms with Gasteiger partial charge in [0.1, 0.15) is 5.37 Å². The van der Waals surface area contributed by atoms with Crippen LogP contribution in [0.15, 0.2) is 72.8 Å². The van der Waals surface area contributed by atoms with Gasteiger partial charge in [0.2, 0.25) is 5.91 Å². The van der Waals surface area contributed by atoms with Crippen LogP contribution < -0.4 is 10.2 Å². The molecule has 0 aliphatic carbocycles.